The largest absolute Gasteiger partial charge is 0.494 e. The monoisotopic (exact) mass is 291 g/mol. The van der Waals surface area contributed by atoms with Gasteiger partial charge in [-0.05, 0) is 18.9 Å². The van der Waals surface area contributed by atoms with Crippen molar-refractivity contribution < 1.29 is 9.13 Å². The molecule has 2 N–H and O–H groups in total. The number of hydrogen-bond donors (Lipinski definition) is 1. The summed E-state index contributed by atoms with van der Waals surface area (Å²) in [6.45, 7) is 4.97. The Hall–Kier alpha value is -1.88. The molecule has 4 nitrogen and oxygen atoms in total. The number of aromatic nitrogens is 2. The number of ether oxygens (including phenoxy) is 1. The van der Waals surface area contributed by atoms with Gasteiger partial charge in [-0.25, -0.2) is 4.39 Å². The molecule has 0 aliphatic carbocycles. The zero-order valence-electron chi connectivity index (χ0n) is 12.8. The highest BCUT2D eigenvalue weighted by Crippen LogP contribution is 2.23. The van der Waals surface area contributed by atoms with Crippen LogP contribution in [0.15, 0.2) is 18.2 Å². The van der Waals surface area contributed by atoms with E-state index in [0.29, 0.717) is 18.7 Å². The lowest BCUT2D eigenvalue weighted by Crippen LogP contribution is -2.09. The van der Waals surface area contributed by atoms with E-state index in [1.807, 2.05) is 4.68 Å². The first-order valence-electron chi connectivity index (χ1n) is 7.25. The minimum absolute atomic E-state index is 0.257. The molecule has 0 spiro atoms. The molecule has 0 bridgehead atoms. The van der Waals surface area contributed by atoms with Crippen molar-refractivity contribution in [2.24, 2.45) is 5.73 Å². The molecule has 0 saturated heterocycles. The van der Waals surface area contributed by atoms with Crippen LogP contribution in [0.2, 0.25) is 0 Å². The van der Waals surface area contributed by atoms with Crippen molar-refractivity contribution in [3.8, 4) is 5.75 Å². The van der Waals surface area contributed by atoms with Gasteiger partial charge in [-0.2, -0.15) is 5.10 Å². The molecule has 0 saturated carbocycles. The van der Waals surface area contributed by atoms with Crippen molar-refractivity contribution in [2.75, 3.05) is 7.11 Å². The van der Waals surface area contributed by atoms with E-state index < -0.39 is 0 Å². The first-order chi connectivity index (χ1) is 10.2. The number of halogens is 1. The molecule has 2 rings (SSSR count). The predicted octanol–water partition coefficient (Wildman–Crippen LogP) is 2.66. The van der Waals surface area contributed by atoms with Gasteiger partial charge in [0.25, 0.3) is 0 Å². The summed E-state index contributed by atoms with van der Waals surface area (Å²) in [5.74, 6) is -0.0719. The minimum Gasteiger partial charge on any atom is -0.494 e. The molecule has 1 heterocycles. The zero-order chi connectivity index (χ0) is 15.4. The van der Waals surface area contributed by atoms with Crippen molar-refractivity contribution in [1.82, 2.24) is 9.78 Å². The predicted molar refractivity (Wildman–Crippen MR) is 80.9 cm³/mol. The SMILES string of the molecule is CCc1nn(Cc2cccc(OC)c2F)c(CC)c1CN. The molecule has 5 heteroatoms. The molecule has 114 valence electrons. The number of rotatable bonds is 6. The van der Waals surface area contributed by atoms with Gasteiger partial charge < -0.3 is 10.5 Å². The zero-order valence-corrected chi connectivity index (χ0v) is 12.8. The summed E-state index contributed by atoms with van der Waals surface area (Å²) < 4.78 is 21.2. The molecule has 21 heavy (non-hydrogen) atoms. The van der Waals surface area contributed by atoms with Gasteiger partial charge in [-0.15, -0.1) is 0 Å². The van der Waals surface area contributed by atoms with Crippen molar-refractivity contribution in [3.63, 3.8) is 0 Å². The van der Waals surface area contributed by atoms with Crippen LogP contribution in [0.5, 0.6) is 5.75 Å². The van der Waals surface area contributed by atoms with Crippen molar-refractivity contribution in [3.05, 3.63) is 46.5 Å². The fourth-order valence-corrected chi connectivity index (χ4v) is 2.63. The highest BCUT2D eigenvalue weighted by molar-refractivity contribution is 5.32. The van der Waals surface area contributed by atoms with E-state index in [-0.39, 0.29) is 11.6 Å². The fourth-order valence-electron chi connectivity index (χ4n) is 2.63. The molecular formula is C16H22FN3O. The van der Waals surface area contributed by atoms with Gasteiger partial charge in [-0.3, -0.25) is 4.68 Å². The van der Waals surface area contributed by atoms with Crippen LogP contribution in [0.3, 0.4) is 0 Å². The van der Waals surface area contributed by atoms with E-state index in [9.17, 15) is 4.39 Å². The quantitative estimate of drug-likeness (QED) is 0.890. The second-order valence-corrected chi connectivity index (χ2v) is 4.87. The maximum Gasteiger partial charge on any atom is 0.170 e. The molecule has 1 aromatic carbocycles. The number of nitrogens with zero attached hydrogens (tertiary/aromatic N) is 2. The van der Waals surface area contributed by atoms with Gasteiger partial charge in [0.15, 0.2) is 11.6 Å². The molecular weight excluding hydrogens is 269 g/mol. The number of methoxy groups -OCH3 is 1. The van der Waals surface area contributed by atoms with Crippen LogP contribution in [0.4, 0.5) is 4.39 Å². The highest BCUT2D eigenvalue weighted by atomic mass is 19.1. The summed E-state index contributed by atoms with van der Waals surface area (Å²) in [5, 5.41) is 4.59. The number of hydrogen-bond acceptors (Lipinski definition) is 3. The molecule has 0 aliphatic rings. The molecule has 0 aliphatic heterocycles. The third-order valence-corrected chi connectivity index (χ3v) is 3.71. The van der Waals surface area contributed by atoms with E-state index in [1.54, 1.807) is 18.2 Å². The average molecular weight is 291 g/mol. The van der Waals surface area contributed by atoms with E-state index >= 15 is 0 Å². The maximum atomic E-state index is 14.3. The van der Waals surface area contributed by atoms with Gasteiger partial charge in [0.2, 0.25) is 0 Å². The van der Waals surface area contributed by atoms with Crippen LogP contribution in [-0.4, -0.2) is 16.9 Å². The minimum atomic E-state index is -0.329. The third-order valence-electron chi connectivity index (χ3n) is 3.71. The van der Waals surface area contributed by atoms with Crippen LogP contribution in [0.1, 0.15) is 36.4 Å². The second-order valence-electron chi connectivity index (χ2n) is 4.87. The first kappa shape index (κ1) is 15.5. The molecule has 0 unspecified atom stereocenters. The number of nitrogens with two attached hydrogens (primary N) is 1. The second kappa shape index (κ2) is 6.72. The Morgan fingerprint density at radius 3 is 2.62 bits per heavy atom. The molecule has 2 aromatic rings. The van der Waals surface area contributed by atoms with Crippen molar-refractivity contribution >= 4 is 0 Å². The molecule has 0 fully saturated rings. The summed E-state index contributed by atoms with van der Waals surface area (Å²) in [6.07, 6.45) is 1.65. The lowest BCUT2D eigenvalue weighted by molar-refractivity contribution is 0.383. The van der Waals surface area contributed by atoms with Crippen LogP contribution in [0, 0.1) is 5.82 Å². The Balaban J connectivity index is 2.42. The normalized spacial score (nSPS) is 10.9. The Kier molecular flexibility index (Phi) is 4.96. The van der Waals surface area contributed by atoms with Gasteiger partial charge in [0.1, 0.15) is 0 Å². The third kappa shape index (κ3) is 2.93. The Morgan fingerprint density at radius 2 is 2.05 bits per heavy atom. The number of aryl methyl sites for hydroxylation is 1. The molecule has 0 amide bonds. The first-order valence-corrected chi connectivity index (χ1v) is 7.25. The maximum absolute atomic E-state index is 14.3. The van der Waals surface area contributed by atoms with Crippen LogP contribution < -0.4 is 10.5 Å². The van der Waals surface area contributed by atoms with E-state index in [2.05, 4.69) is 18.9 Å². The summed E-state index contributed by atoms with van der Waals surface area (Å²) in [7, 11) is 1.47. The van der Waals surface area contributed by atoms with Crippen molar-refractivity contribution in [1.29, 1.82) is 0 Å². The standard InChI is InChI=1S/C16H22FN3O/c1-4-13-12(9-18)14(5-2)20(19-13)10-11-7-6-8-15(21-3)16(11)17/h6-8H,4-5,9-10,18H2,1-3H3. The Labute approximate surface area is 124 Å². The lowest BCUT2D eigenvalue weighted by atomic mass is 10.1. The lowest BCUT2D eigenvalue weighted by Gasteiger charge is -2.10. The van der Waals surface area contributed by atoms with Crippen molar-refractivity contribution in [2.45, 2.75) is 39.8 Å². The van der Waals surface area contributed by atoms with Gasteiger partial charge >= 0.3 is 0 Å². The van der Waals surface area contributed by atoms with Gasteiger partial charge in [0, 0.05) is 23.4 Å². The van der Waals surface area contributed by atoms with Gasteiger partial charge in [0.05, 0.1) is 19.3 Å². The number of benzene rings is 1. The van der Waals surface area contributed by atoms with Crippen LogP contribution >= 0.6 is 0 Å². The van der Waals surface area contributed by atoms with Crippen LogP contribution in [0.25, 0.3) is 0 Å². The Bertz CT molecular complexity index is 622. The summed E-state index contributed by atoms with van der Waals surface area (Å²) in [6, 6.07) is 5.16. The van der Waals surface area contributed by atoms with Gasteiger partial charge in [-0.1, -0.05) is 26.0 Å². The molecule has 0 atom stereocenters. The summed E-state index contributed by atoms with van der Waals surface area (Å²) in [5.41, 5.74) is 9.57. The van der Waals surface area contributed by atoms with E-state index in [0.717, 1.165) is 29.8 Å². The smallest absolute Gasteiger partial charge is 0.170 e. The Morgan fingerprint density at radius 1 is 1.29 bits per heavy atom. The fraction of sp³-hybridized carbons (Fsp3) is 0.438. The highest BCUT2D eigenvalue weighted by Gasteiger charge is 2.16. The average Bonchev–Trinajstić information content (AvgIpc) is 2.85. The summed E-state index contributed by atoms with van der Waals surface area (Å²) >= 11 is 0. The molecule has 0 radical (unpaired) electrons. The topological polar surface area (TPSA) is 53.1 Å². The van der Waals surface area contributed by atoms with E-state index in [1.165, 1.54) is 7.11 Å². The van der Waals surface area contributed by atoms with Crippen LogP contribution in [-0.2, 0) is 25.9 Å². The van der Waals surface area contributed by atoms with E-state index in [4.69, 9.17) is 10.5 Å². The molecule has 1 aromatic heterocycles. The summed E-state index contributed by atoms with van der Waals surface area (Å²) in [4.78, 5) is 0.